The van der Waals surface area contributed by atoms with Crippen molar-refractivity contribution < 1.29 is 18.0 Å². The number of alkyl halides is 3. The monoisotopic (exact) mass is 401 g/mol. The fourth-order valence-electron chi connectivity index (χ4n) is 2.65. The minimum atomic E-state index is -4.52. The molecule has 0 spiro atoms. The van der Waals surface area contributed by atoms with Crippen LogP contribution in [-0.2, 0) is 17.7 Å². The van der Waals surface area contributed by atoms with Crippen molar-refractivity contribution in [2.45, 2.75) is 17.7 Å². The summed E-state index contributed by atoms with van der Waals surface area (Å²) in [5, 5.41) is 2.35. The summed E-state index contributed by atoms with van der Waals surface area (Å²) in [6.07, 6.45) is -4.52. The van der Waals surface area contributed by atoms with Gasteiger partial charge in [0.15, 0.2) is 0 Å². The fourth-order valence-corrected chi connectivity index (χ4v) is 3.61. The topological polar surface area (TPSA) is 29.1 Å². The summed E-state index contributed by atoms with van der Waals surface area (Å²) in [6.45, 7) is 0. The Morgan fingerprint density at radius 3 is 2.00 bits per heavy atom. The lowest BCUT2D eigenvalue weighted by Crippen LogP contribution is -2.16. The van der Waals surface area contributed by atoms with Crippen molar-refractivity contribution in [1.29, 1.82) is 0 Å². The number of anilines is 1. The van der Waals surface area contributed by atoms with E-state index >= 15 is 0 Å². The number of hydrogen-bond donors (Lipinski definition) is 1. The molecule has 1 amide bonds. The van der Waals surface area contributed by atoms with Crippen LogP contribution in [0.5, 0.6) is 0 Å². The molecule has 144 valence electrons. The van der Waals surface area contributed by atoms with Gasteiger partial charge in [-0.1, -0.05) is 54.6 Å². The van der Waals surface area contributed by atoms with Gasteiger partial charge in [0.1, 0.15) is 0 Å². The molecular formula is C22H18F3NOS. The molecule has 2 nitrogen and oxygen atoms in total. The number of benzene rings is 3. The third-order valence-corrected chi connectivity index (χ3v) is 5.15. The quantitative estimate of drug-likeness (QED) is 0.518. The van der Waals surface area contributed by atoms with Crippen molar-refractivity contribution in [2.24, 2.45) is 0 Å². The van der Waals surface area contributed by atoms with Crippen molar-refractivity contribution in [1.82, 2.24) is 0 Å². The molecule has 0 bridgehead atoms. The number of carbonyl (C=O) groups excluding carboxylic acids is 1. The molecule has 0 unspecified atom stereocenters. The Hall–Kier alpha value is -2.73. The zero-order valence-electron chi connectivity index (χ0n) is 14.9. The van der Waals surface area contributed by atoms with E-state index in [2.05, 4.69) is 17.4 Å². The Morgan fingerprint density at radius 1 is 0.786 bits per heavy atom. The van der Waals surface area contributed by atoms with E-state index in [4.69, 9.17) is 0 Å². The number of rotatable bonds is 6. The maximum Gasteiger partial charge on any atom is 0.418 e. The second-order valence-corrected chi connectivity index (χ2v) is 7.16. The highest BCUT2D eigenvalue weighted by atomic mass is 32.2. The van der Waals surface area contributed by atoms with Gasteiger partial charge in [0, 0.05) is 17.1 Å². The zero-order valence-corrected chi connectivity index (χ0v) is 15.7. The second-order valence-electron chi connectivity index (χ2n) is 6.17. The van der Waals surface area contributed by atoms with Crippen LogP contribution >= 0.6 is 11.8 Å². The van der Waals surface area contributed by atoms with Crippen LogP contribution in [0.15, 0.2) is 78.9 Å². The lowest BCUT2D eigenvalue weighted by molar-refractivity contribution is -0.136. The Bertz CT molecular complexity index is 925. The molecule has 1 N–H and O–H groups in total. The number of amides is 1. The summed E-state index contributed by atoms with van der Waals surface area (Å²) < 4.78 is 39.1. The van der Waals surface area contributed by atoms with E-state index in [9.17, 15) is 18.0 Å². The van der Waals surface area contributed by atoms with Crippen molar-refractivity contribution in [3.63, 3.8) is 0 Å². The normalized spacial score (nSPS) is 11.2. The van der Waals surface area contributed by atoms with E-state index in [1.54, 1.807) is 23.9 Å². The van der Waals surface area contributed by atoms with E-state index < -0.39 is 17.6 Å². The van der Waals surface area contributed by atoms with E-state index in [1.165, 1.54) is 23.8 Å². The average Bonchev–Trinajstić information content (AvgIpc) is 2.69. The molecular weight excluding hydrogens is 383 g/mol. The van der Waals surface area contributed by atoms with Gasteiger partial charge in [-0.2, -0.15) is 24.9 Å². The van der Waals surface area contributed by atoms with Crippen LogP contribution in [0.25, 0.3) is 0 Å². The first-order valence-corrected chi connectivity index (χ1v) is 9.77. The Balaban J connectivity index is 1.60. The SMILES string of the molecule is O=C(Nc1ccccc1C(F)(F)F)c1ccc(CSCc2ccccc2)cc1. The van der Waals surface area contributed by atoms with E-state index in [0.29, 0.717) is 5.56 Å². The smallest absolute Gasteiger partial charge is 0.321 e. The summed E-state index contributed by atoms with van der Waals surface area (Å²) in [4.78, 5) is 12.3. The maximum atomic E-state index is 13.0. The van der Waals surface area contributed by atoms with Crippen LogP contribution in [0.2, 0.25) is 0 Å². The largest absolute Gasteiger partial charge is 0.418 e. The van der Waals surface area contributed by atoms with Crippen molar-refractivity contribution in [3.05, 3.63) is 101 Å². The first kappa shape index (κ1) is 20.0. The number of thioether (sulfide) groups is 1. The van der Waals surface area contributed by atoms with Gasteiger partial charge in [-0.05, 0) is 35.4 Å². The lowest BCUT2D eigenvalue weighted by Gasteiger charge is -2.13. The first-order chi connectivity index (χ1) is 13.4. The number of para-hydroxylation sites is 1. The molecule has 0 atom stereocenters. The molecule has 3 aromatic rings. The Morgan fingerprint density at radius 2 is 1.36 bits per heavy atom. The van der Waals surface area contributed by atoms with Gasteiger partial charge in [-0.25, -0.2) is 0 Å². The van der Waals surface area contributed by atoms with Gasteiger partial charge < -0.3 is 5.32 Å². The second kappa shape index (κ2) is 8.97. The third kappa shape index (κ3) is 5.39. The number of carbonyl (C=O) groups is 1. The van der Waals surface area contributed by atoms with Gasteiger partial charge >= 0.3 is 6.18 Å². The number of nitrogens with one attached hydrogen (secondary N) is 1. The van der Waals surface area contributed by atoms with Crippen LogP contribution in [0.1, 0.15) is 27.0 Å². The summed E-state index contributed by atoms with van der Waals surface area (Å²) in [7, 11) is 0. The molecule has 3 aromatic carbocycles. The molecule has 0 aromatic heterocycles. The molecule has 0 heterocycles. The Labute approximate surface area is 165 Å². The third-order valence-electron chi connectivity index (χ3n) is 4.08. The van der Waals surface area contributed by atoms with Crippen LogP contribution < -0.4 is 5.32 Å². The van der Waals surface area contributed by atoms with Crippen LogP contribution in [0.3, 0.4) is 0 Å². The van der Waals surface area contributed by atoms with Crippen LogP contribution in [0.4, 0.5) is 18.9 Å². The molecule has 3 rings (SSSR count). The molecule has 0 aliphatic rings. The molecule has 0 saturated carbocycles. The van der Waals surface area contributed by atoms with Gasteiger partial charge in [-0.3, -0.25) is 4.79 Å². The van der Waals surface area contributed by atoms with Gasteiger partial charge in [0.2, 0.25) is 0 Å². The summed E-state index contributed by atoms with van der Waals surface area (Å²) in [5.74, 6) is 1.10. The molecule has 6 heteroatoms. The highest BCUT2D eigenvalue weighted by molar-refractivity contribution is 7.97. The summed E-state index contributed by atoms with van der Waals surface area (Å²) in [6, 6.07) is 22.0. The minimum absolute atomic E-state index is 0.248. The predicted molar refractivity (Wildman–Crippen MR) is 107 cm³/mol. The van der Waals surface area contributed by atoms with E-state index in [1.807, 2.05) is 30.3 Å². The van der Waals surface area contributed by atoms with E-state index in [-0.39, 0.29) is 5.69 Å². The highest BCUT2D eigenvalue weighted by Crippen LogP contribution is 2.34. The van der Waals surface area contributed by atoms with Crippen molar-refractivity contribution >= 4 is 23.4 Å². The van der Waals surface area contributed by atoms with Gasteiger partial charge in [-0.15, -0.1) is 0 Å². The average molecular weight is 401 g/mol. The maximum absolute atomic E-state index is 13.0. The molecule has 28 heavy (non-hydrogen) atoms. The molecule has 0 fully saturated rings. The fraction of sp³-hybridized carbons (Fsp3) is 0.136. The number of halogens is 3. The van der Waals surface area contributed by atoms with Crippen molar-refractivity contribution in [2.75, 3.05) is 5.32 Å². The summed E-state index contributed by atoms with van der Waals surface area (Å²) in [5.41, 5.74) is 1.49. The lowest BCUT2D eigenvalue weighted by atomic mass is 10.1. The highest BCUT2D eigenvalue weighted by Gasteiger charge is 2.33. The Kier molecular flexibility index (Phi) is 6.41. The predicted octanol–water partition coefficient (Wildman–Crippen LogP) is 6.39. The molecule has 0 aliphatic heterocycles. The van der Waals surface area contributed by atoms with Crippen LogP contribution in [0, 0.1) is 0 Å². The summed E-state index contributed by atoms with van der Waals surface area (Å²) >= 11 is 1.76. The standard InChI is InChI=1S/C22H18F3NOS/c23-22(24,25)19-8-4-5-9-20(19)26-21(27)18-12-10-17(11-13-18)15-28-14-16-6-2-1-3-7-16/h1-13H,14-15H2,(H,26,27). The molecule has 0 aliphatic carbocycles. The minimum Gasteiger partial charge on any atom is -0.321 e. The zero-order chi connectivity index (χ0) is 20.0. The van der Waals surface area contributed by atoms with Gasteiger partial charge in [0.05, 0.1) is 11.3 Å². The van der Waals surface area contributed by atoms with E-state index in [0.717, 1.165) is 23.1 Å². The van der Waals surface area contributed by atoms with Crippen LogP contribution in [-0.4, -0.2) is 5.91 Å². The van der Waals surface area contributed by atoms with Crippen molar-refractivity contribution in [3.8, 4) is 0 Å². The first-order valence-electron chi connectivity index (χ1n) is 8.61. The van der Waals surface area contributed by atoms with Gasteiger partial charge in [0.25, 0.3) is 5.91 Å². The molecule has 0 saturated heterocycles. The molecule has 0 radical (unpaired) electrons. The number of hydrogen-bond acceptors (Lipinski definition) is 2.